The van der Waals surface area contributed by atoms with Gasteiger partial charge >= 0.3 is 6.18 Å². The maximum absolute atomic E-state index is 12.1. The Morgan fingerprint density at radius 2 is 1.79 bits per heavy atom. The first-order chi connectivity index (χ1) is 8.73. The molecule has 19 heavy (non-hydrogen) atoms. The van der Waals surface area contributed by atoms with E-state index in [9.17, 15) is 18.0 Å². The van der Waals surface area contributed by atoms with Crippen molar-refractivity contribution in [3.63, 3.8) is 0 Å². The average Bonchev–Trinajstić information content (AvgIpc) is 2.28. The number of alkyl halides is 3. The van der Waals surface area contributed by atoms with E-state index in [1.54, 1.807) is 30.3 Å². The zero-order chi connectivity index (χ0) is 14.5. The van der Waals surface area contributed by atoms with E-state index in [1.165, 1.54) is 6.92 Å². The molecule has 1 unspecified atom stereocenters. The van der Waals surface area contributed by atoms with E-state index in [0.29, 0.717) is 5.69 Å². The van der Waals surface area contributed by atoms with E-state index >= 15 is 0 Å². The highest BCUT2D eigenvalue weighted by molar-refractivity contribution is 5.87. The van der Waals surface area contributed by atoms with Crippen LogP contribution in [0.5, 0.6) is 0 Å². The van der Waals surface area contributed by atoms with Crippen LogP contribution in [0, 0.1) is 0 Å². The monoisotopic (exact) mass is 274 g/mol. The van der Waals surface area contributed by atoms with Gasteiger partial charge in [0.25, 0.3) is 0 Å². The van der Waals surface area contributed by atoms with Crippen molar-refractivity contribution in [2.75, 3.05) is 5.32 Å². The summed E-state index contributed by atoms with van der Waals surface area (Å²) in [5, 5.41) is 2.90. The van der Waals surface area contributed by atoms with Crippen LogP contribution in [0.15, 0.2) is 30.3 Å². The highest BCUT2D eigenvalue weighted by Crippen LogP contribution is 2.26. The number of hydrogen-bond acceptors (Lipinski definition) is 2. The Morgan fingerprint density at radius 1 is 1.21 bits per heavy atom. The number of anilines is 1. The standard InChI is InChI=1S/C13H17F3N2O/c1-12(11(17)19,8-5-9-13(14,15)16)18-10-6-3-2-4-7-10/h2-4,6-7,18H,5,8-9H2,1H3,(H2,17,19). The molecule has 0 saturated heterocycles. The maximum atomic E-state index is 12.1. The molecule has 3 N–H and O–H groups in total. The number of para-hydroxylation sites is 1. The lowest BCUT2D eigenvalue weighted by Gasteiger charge is -2.28. The zero-order valence-electron chi connectivity index (χ0n) is 10.6. The van der Waals surface area contributed by atoms with Gasteiger partial charge in [-0.15, -0.1) is 0 Å². The van der Waals surface area contributed by atoms with Crippen LogP contribution in [-0.4, -0.2) is 17.6 Å². The van der Waals surface area contributed by atoms with Crippen LogP contribution < -0.4 is 11.1 Å². The summed E-state index contributed by atoms with van der Waals surface area (Å²) in [6.45, 7) is 1.51. The van der Waals surface area contributed by atoms with Gasteiger partial charge in [-0.3, -0.25) is 4.79 Å². The molecule has 1 rings (SSSR count). The molecule has 0 aliphatic carbocycles. The summed E-state index contributed by atoms with van der Waals surface area (Å²) in [4.78, 5) is 11.5. The second-order valence-corrected chi connectivity index (χ2v) is 4.66. The van der Waals surface area contributed by atoms with Gasteiger partial charge in [0.1, 0.15) is 5.54 Å². The van der Waals surface area contributed by atoms with Crippen molar-refractivity contribution in [2.45, 2.75) is 37.9 Å². The zero-order valence-corrected chi connectivity index (χ0v) is 10.6. The van der Waals surface area contributed by atoms with E-state index < -0.39 is 24.0 Å². The third kappa shape index (κ3) is 5.19. The minimum atomic E-state index is -4.22. The fourth-order valence-corrected chi connectivity index (χ4v) is 1.73. The first kappa shape index (κ1) is 15.3. The predicted octanol–water partition coefficient (Wildman–Crippen LogP) is 3.08. The van der Waals surface area contributed by atoms with Crippen molar-refractivity contribution < 1.29 is 18.0 Å². The quantitative estimate of drug-likeness (QED) is 0.837. The molecule has 0 aliphatic rings. The number of nitrogens with one attached hydrogen (secondary N) is 1. The van der Waals surface area contributed by atoms with Crippen molar-refractivity contribution in [3.8, 4) is 0 Å². The van der Waals surface area contributed by atoms with Crippen LogP contribution in [0.1, 0.15) is 26.2 Å². The number of nitrogens with two attached hydrogens (primary N) is 1. The van der Waals surface area contributed by atoms with Crippen molar-refractivity contribution in [2.24, 2.45) is 5.73 Å². The molecule has 6 heteroatoms. The molecule has 1 aromatic rings. The Balaban J connectivity index is 2.67. The van der Waals surface area contributed by atoms with E-state index in [0.717, 1.165) is 0 Å². The molecule has 3 nitrogen and oxygen atoms in total. The number of halogens is 3. The molecule has 0 radical (unpaired) electrons. The number of primary amides is 1. The van der Waals surface area contributed by atoms with Gasteiger partial charge in [-0.25, -0.2) is 0 Å². The Hall–Kier alpha value is -1.72. The number of hydrogen-bond donors (Lipinski definition) is 2. The number of benzene rings is 1. The van der Waals surface area contributed by atoms with Crippen LogP contribution >= 0.6 is 0 Å². The molecule has 1 aromatic carbocycles. The highest BCUT2D eigenvalue weighted by Gasteiger charge is 2.33. The Bertz CT molecular complexity index is 420. The predicted molar refractivity (Wildman–Crippen MR) is 67.6 cm³/mol. The molecule has 1 amide bonds. The number of carbonyl (C=O) groups excluding carboxylic acids is 1. The lowest BCUT2D eigenvalue weighted by Crippen LogP contribution is -2.48. The molecule has 0 spiro atoms. The largest absolute Gasteiger partial charge is 0.389 e. The Labute approximate surface area is 110 Å². The summed E-state index contributed by atoms with van der Waals surface area (Å²) in [5.74, 6) is -0.668. The molecule has 106 valence electrons. The molecule has 0 fully saturated rings. The van der Waals surface area contributed by atoms with E-state index in [2.05, 4.69) is 5.32 Å². The van der Waals surface area contributed by atoms with Crippen molar-refractivity contribution in [1.82, 2.24) is 0 Å². The van der Waals surface area contributed by atoms with Gasteiger partial charge < -0.3 is 11.1 Å². The Morgan fingerprint density at radius 3 is 2.26 bits per heavy atom. The van der Waals surface area contributed by atoms with Crippen LogP contribution in [0.25, 0.3) is 0 Å². The summed E-state index contributed by atoms with van der Waals surface area (Å²) in [6.07, 6.45) is -5.27. The summed E-state index contributed by atoms with van der Waals surface area (Å²) in [5.41, 5.74) is 4.75. The van der Waals surface area contributed by atoms with Crippen LogP contribution in [0.4, 0.5) is 18.9 Å². The average molecular weight is 274 g/mol. The van der Waals surface area contributed by atoms with Crippen molar-refractivity contribution in [3.05, 3.63) is 30.3 Å². The van der Waals surface area contributed by atoms with Crippen LogP contribution in [0.2, 0.25) is 0 Å². The van der Waals surface area contributed by atoms with E-state index in [1.807, 2.05) is 0 Å². The van der Waals surface area contributed by atoms with E-state index in [4.69, 9.17) is 5.73 Å². The lowest BCUT2D eigenvalue weighted by atomic mass is 9.93. The van der Waals surface area contributed by atoms with Gasteiger partial charge in [-0.1, -0.05) is 18.2 Å². The smallest absolute Gasteiger partial charge is 0.371 e. The van der Waals surface area contributed by atoms with Gasteiger partial charge in [0, 0.05) is 12.1 Å². The fraction of sp³-hybridized carbons (Fsp3) is 0.462. The minimum absolute atomic E-state index is 0.0245. The highest BCUT2D eigenvalue weighted by atomic mass is 19.4. The van der Waals surface area contributed by atoms with Crippen molar-refractivity contribution in [1.29, 1.82) is 0 Å². The number of amides is 1. The first-order valence-corrected chi connectivity index (χ1v) is 5.93. The summed E-state index contributed by atoms with van der Waals surface area (Å²) in [7, 11) is 0. The third-order valence-electron chi connectivity index (χ3n) is 2.87. The first-order valence-electron chi connectivity index (χ1n) is 5.93. The topological polar surface area (TPSA) is 55.1 Å². The molecule has 1 atom stereocenters. The van der Waals surface area contributed by atoms with Crippen molar-refractivity contribution >= 4 is 11.6 Å². The second-order valence-electron chi connectivity index (χ2n) is 4.66. The van der Waals surface area contributed by atoms with E-state index in [-0.39, 0.29) is 12.8 Å². The van der Waals surface area contributed by atoms with Gasteiger partial charge in [0.05, 0.1) is 0 Å². The van der Waals surface area contributed by atoms with Gasteiger partial charge in [-0.05, 0) is 31.9 Å². The minimum Gasteiger partial charge on any atom is -0.371 e. The van der Waals surface area contributed by atoms with Crippen LogP contribution in [0.3, 0.4) is 0 Å². The molecule has 0 heterocycles. The summed E-state index contributed by atoms with van der Waals surface area (Å²) >= 11 is 0. The third-order valence-corrected chi connectivity index (χ3v) is 2.87. The normalized spacial score (nSPS) is 14.7. The second kappa shape index (κ2) is 5.95. The molecular formula is C13H17F3N2O. The lowest BCUT2D eigenvalue weighted by molar-refractivity contribution is -0.137. The van der Waals surface area contributed by atoms with Crippen LogP contribution in [-0.2, 0) is 4.79 Å². The summed E-state index contributed by atoms with van der Waals surface area (Å²) < 4.78 is 36.4. The maximum Gasteiger partial charge on any atom is 0.389 e. The molecule has 0 aromatic heterocycles. The van der Waals surface area contributed by atoms with Gasteiger partial charge in [0.15, 0.2) is 0 Å². The fourth-order valence-electron chi connectivity index (χ4n) is 1.73. The SMILES string of the molecule is CC(CCCC(F)(F)F)(Nc1ccccc1)C(N)=O. The Kier molecular flexibility index (Phi) is 4.80. The number of rotatable bonds is 6. The molecular weight excluding hydrogens is 257 g/mol. The molecule has 0 saturated carbocycles. The summed E-state index contributed by atoms with van der Waals surface area (Å²) in [6, 6.07) is 8.78. The molecule has 0 aliphatic heterocycles. The number of carbonyl (C=O) groups is 1. The van der Waals surface area contributed by atoms with Gasteiger partial charge in [0.2, 0.25) is 5.91 Å². The van der Waals surface area contributed by atoms with Gasteiger partial charge in [-0.2, -0.15) is 13.2 Å². The molecule has 0 bridgehead atoms.